The SMILES string of the molecule is C[C@]12CC[C@@H](O)[C@H](OCCO)[C@@H]1CC[C@@H]1[C@@H]2CC[C@]2(C)C(=O)CC[C@@H]12.C[C@]12CC[C@H]3O[C@H]3[C@@H]1CC[C@@H]1[C@@H]2CC[C@]2(C)C(=O)CC[C@@H]12.C[C@]12C[C@H](OCCO)[C@@H](O)C[C@@H]1CC[C@@H]1[C@@H]2CC[C@]2(C)C(=O)CC[C@@H]12.C[C@]12C[C@H]3O[C@H]3C[C@@H]1CC[C@@H]1[C@@H]2CC[C@]2(C)C(=O)CC[C@@H]12.O=S(=O)(O)O.OCCO. The maximum Gasteiger partial charge on any atom is 0.394 e. The fourth-order valence-electron chi connectivity index (χ4n) is 29.5. The highest BCUT2D eigenvalue weighted by atomic mass is 32.3. The zero-order chi connectivity index (χ0) is 72.4. The molecule has 0 bridgehead atoms. The minimum Gasteiger partial charge on any atom is -0.394 e. The Morgan fingerprint density at radius 2 is 0.762 bits per heavy atom. The number of aliphatic hydroxyl groups is 6. The first-order valence-electron chi connectivity index (χ1n) is 41.0. The van der Waals surface area contributed by atoms with Crippen molar-refractivity contribution in [3.63, 3.8) is 0 Å². The molecule has 2 heterocycles. The molecule has 16 saturated carbocycles. The molecule has 19 heteroatoms. The van der Waals surface area contributed by atoms with Gasteiger partial charge in [-0.05, 0) is 296 Å². The Labute approximate surface area is 604 Å². The van der Waals surface area contributed by atoms with Crippen LogP contribution in [0.2, 0.25) is 0 Å². The lowest BCUT2D eigenvalue weighted by atomic mass is 9.44. The van der Waals surface area contributed by atoms with Gasteiger partial charge in [0.1, 0.15) is 23.1 Å². The van der Waals surface area contributed by atoms with Gasteiger partial charge in [-0.3, -0.25) is 28.3 Å². The van der Waals surface area contributed by atoms with Crippen LogP contribution < -0.4 is 0 Å². The van der Waals surface area contributed by atoms with E-state index in [1.165, 1.54) is 96.3 Å². The van der Waals surface area contributed by atoms with E-state index in [-0.39, 0.29) is 71.1 Å². The Hall–Kier alpha value is -1.85. The van der Waals surface area contributed by atoms with Crippen LogP contribution in [0.5, 0.6) is 0 Å². The quantitative estimate of drug-likeness (QED) is 0.0867. The van der Waals surface area contributed by atoms with E-state index in [0.29, 0.717) is 131 Å². The van der Waals surface area contributed by atoms with Gasteiger partial charge < -0.3 is 49.6 Å². The number of epoxide rings is 2. The number of ether oxygens (including phenoxy) is 4. The summed E-state index contributed by atoms with van der Waals surface area (Å²) in [5.74, 6) is 13.4. The number of rotatable bonds is 7. The van der Waals surface area contributed by atoms with Crippen LogP contribution in [-0.2, 0) is 48.5 Å². The van der Waals surface area contributed by atoms with Gasteiger partial charge in [-0.2, -0.15) is 8.42 Å². The highest BCUT2D eigenvalue weighted by Crippen LogP contribution is 2.72. The van der Waals surface area contributed by atoms with Gasteiger partial charge in [0, 0.05) is 47.3 Å². The monoisotopic (exact) mass is 1440 g/mol. The largest absolute Gasteiger partial charge is 0.394 e. The van der Waals surface area contributed by atoms with Crippen molar-refractivity contribution in [3.8, 4) is 0 Å². The molecule has 101 heavy (non-hydrogen) atoms. The molecular weight excluding hydrogens is 1300 g/mol. The number of fused-ring (bicyclic) bond motifs is 23. The van der Waals surface area contributed by atoms with Crippen LogP contribution in [0.4, 0.5) is 0 Å². The van der Waals surface area contributed by atoms with Crippen LogP contribution in [0, 0.1) is 138 Å². The second kappa shape index (κ2) is 29.2. The fraction of sp³-hybridized carbons (Fsp3) is 0.951. The summed E-state index contributed by atoms with van der Waals surface area (Å²) in [6.07, 6.45) is 37.5. The van der Waals surface area contributed by atoms with Gasteiger partial charge >= 0.3 is 10.4 Å². The van der Waals surface area contributed by atoms with Gasteiger partial charge in [0.15, 0.2) is 0 Å². The molecule has 18 rings (SSSR count). The van der Waals surface area contributed by atoms with Crippen LogP contribution >= 0.6 is 0 Å². The van der Waals surface area contributed by atoms with Gasteiger partial charge in [-0.15, -0.1) is 0 Å². The molecule has 2 saturated heterocycles. The molecule has 8 N–H and O–H groups in total. The molecular formula is C82H132O18S. The van der Waals surface area contributed by atoms with E-state index in [1.807, 2.05) is 0 Å². The fourth-order valence-corrected chi connectivity index (χ4v) is 29.5. The van der Waals surface area contributed by atoms with Gasteiger partial charge in [0.2, 0.25) is 0 Å². The summed E-state index contributed by atoms with van der Waals surface area (Å²) in [4.78, 5) is 49.8. The Kier molecular flexibility index (Phi) is 22.3. The van der Waals surface area contributed by atoms with Gasteiger partial charge in [-0.1, -0.05) is 55.4 Å². The van der Waals surface area contributed by atoms with E-state index < -0.39 is 22.6 Å². The topological polar surface area (TPSA) is 308 Å². The third-order valence-corrected chi connectivity index (χ3v) is 35.0. The first-order chi connectivity index (χ1) is 47.8. The molecule has 2 aliphatic heterocycles. The summed E-state index contributed by atoms with van der Waals surface area (Å²) in [6.45, 7) is 19.5. The molecule has 0 radical (unpaired) electrons. The predicted octanol–water partition coefficient (Wildman–Crippen LogP) is 12.2. The smallest absolute Gasteiger partial charge is 0.394 e. The number of Topliss-reactive ketones (excluding diaryl/α,β-unsaturated/α-hetero) is 4. The summed E-state index contributed by atoms with van der Waals surface area (Å²) in [7, 11) is -4.67. The Balaban J connectivity index is 0.000000116. The lowest BCUT2D eigenvalue weighted by Crippen LogP contribution is -2.59. The highest BCUT2D eigenvalue weighted by molar-refractivity contribution is 7.79. The molecule has 18 aliphatic rings. The number of carbonyl (C=O) groups excluding carboxylic acids is 4. The molecule has 0 aromatic rings. The number of ketones is 4. The molecule has 18 nitrogen and oxygen atoms in total. The van der Waals surface area contributed by atoms with E-state index in [1.54, 1.807) is 0 Å². The first kappa shape index (κ1) is 77.3. The zero-order valence-corrected chi connectivity index (χ0v) is 63.6. The third kappa shape index (κ3) is 13.7. The molecule has 16 aliphatic carbocycles. The summed E-state index contributed by atoms with van der Waals surface area (Å²) < 4.78 is 55.2. The van der Waals surface area contributed by atoms with Crippen LogP contribution in [0.15, 0.2) is 0 Å². The summed E-state index contributed by atoms with van der Waals surface area (Å²) in [5, 5.41) is 54.5. The van der Waals surface area contributed by atoms with Crippen molar-refractivity contribution in [2.24, 2.45) is 138 Å². The number of hydrogen-bond acceptors (Lipinski definition) is 16. The normalized spacial score (nSPS) is 52.4. The van der Waals surface area contributed by atoms with Crippen LogP contribution in [0.25, 0.3) is 0 Å². The third-order valence-electron chi connectivity index (χ3n) is 35.0. The highest BCUT2D eigenvalue weighted by Gasteiger charge is 2.68. The van der Waals surface area contributed by atoms with Crippen molar-refractivity contribution in [2.45, 2.75) is 310 Å². The molecule has 0 amide bonds. The van der Waals surface area contributed by atoms with Crippen molar-refractivity contribution in [1.29, 1.82) is 0 Å². The maximum atomic E-state index is 12.5. The van der Waals surface area contributed by atoms with E-state index in [2.05, 4.69) is 55.4 Å². The van der Waals surface area contributed by atoms with Crippen molar-refractivity contribution >= 4 is 33.5 Å². The lowest BCUT2D eigenvalue weighted by molar-refractivity contribution is -0.189. The second-order valence-electron chi connectivity index (χ2n) is 38.6. The molecule has 0 aromatic heterocycles. The molecule has 32 atom stereocenters. The van der Waals surface area contributed by atoms with Gasteiger partial charge in [0.25, 0.3) is 0 Å². The number of hydrogen-bond donors (Lipinski definition) is 8. The van der Waals surface area contributed by atoms with Crippen molar-refractivity contribution in [2.75, 3.05) is 39.6 Å². The minimum atomic E-state index is -4.67. The lowest BCUT2D eigenvalue weighted by Gasteiger charge is -2.61. The molecule has 0 spiro atoms. The van der Waals surface area contributed by atoms with Crippen molar-refractivity contribution < 1.29 is 86.3 Å². The molecule has 574 valence electrons. The van der Waals surface area contributed by atoms with Crippen molar-refractivity contribution in [3.05, 3.63) is 0 Å². The average Bonchev–Trinajstić information content (AvgIpc) is 1.65. The molecule has 18 fully saturated rings. The zero-order valence-electron chi connectivity index (χ0n) is 62.8. The van der Waals surface area contributed by atoms with Crippen LogP contribution in [0.1, 0.15) is 261 Å². The Morgan fingerprint density at radius 1 is 0.376 bits per heavy atom. The number of aliphatic hydroxyl groups excluding tert-OH is 6. The first-order valence-corrected chi connectivity index (χ1v) is 42.4. The molecule has 0 unspecified atom stereocenters. The average molecular weight is 1440 g/mol. The van der Waals surface area contributed by atoms with E-state index in [9.17, 15) is 29.4 Å². The Morgan fingerprint density at radius 3 is 1.21 bits per heavy atom. The van der Waals surface area contributed by atoms with E-state index in [0.717, 1.165) is 145 Å². The standard InChI is InChI=1S/2C21H34O4.2C19H28O2.C2H6O2.H2O4S/c1-20-10-8-17(23)19(25-12-11-22)16(20)4-3-13-14-5-6-18(24)21(14,2)9-7-15(13)20;1-20-8-7-16-14(15(20)5-6-19(20)24)4-3-13-11-17(23)18(25-10-9-22)12-21(13,16)2;1-18-10-8-15-17(21-15)14(18)4-3-11-12-5-6-16(20)19(12,2)9-7-13(11)18;1-18-8-7-14-12(13(18)5-6-17(18)20)4-3-11-9-15-16(21-15)10-19(11,14)2;3-1-2-4;1-5(2,3)4/h13-17,19,22-23H,3-12H2,1-2H3;13-18,22-23H,3-12H2,1-2H3;11-15,17H,3-10H2,1-2H3;11-16H,3-10H2,1-2H3;3-4H,1-2H2;(H2,1,2,3,4)/t13-,14-,15-,16-,17+,19+,20+,21-;13-,14-,15-,16-,17-,18-,20-,21-;11-,12-,13-,14-,15+,17-,18+,19-;11-,12-,13-,14-,15-,16+,18-,19-;;/m0000../s1. The second-order valence-corrected chi connectivity index (χ2v) is 39.5. The summed E-state index contributed by atoms with van der Waals surface area (Å²) in [5.41, 5.74) is 1.37. The van der Waals surface area contributed by atoms with E-state index >= 15 is 0 Å². The number of carbonyl (C=O) groups is 4. The predicted molar refractivity (Wildman–Crippen MR) is 380 cm³/mol. The van der Waals surface area contributed by atoms with Gasteiger partial charge in [-0.25, -0.2) is 0 Å². The van der Waals surface area contributed by atoms with Crippen molar-refractivity contribution in [1.82, 2.24) is 0 Å². The summed E-state index contributed by atoms with van der Waals surface area (Å²) in [6, 6.07) is 0. The minimum absolute atomic E-state index is 0.0119. The van der Waals surface area contributed by atoms with E-state index in [4.69, 9.17) is 56.9 Å². The van der Waals surface area contributed by atoms with Gasteiger partial charge in [0.05, 0.1) is 88.5 Å². The maximum absolute atomic E-state index is 12.5. The van der Waals surface area contributed by atoms with Crippen LogP contribution in [0.3, 0.4) is 0 Å². The molecule has 0 aromatic carbocycles. The Bertz CT molecular complexity index is 3000. The van der Waals surface area contributed by atoms with Crippen LogP contribution in [-0.4, -0.2) is 160 Å². The summed E-state index contributed by atoms with van der Waals surface area (Å²) >= 11 is 0.